The van der Waals surface area contributed by atoms with E-state index in [0.29, 0.717) is 11.4 Å². The fourth-order valence-corrected chi connectivity index (χ4v) is 4.42. The average molecular weight is 440 g/mol. The number of nitrogens with one attached hydrogen (secondary N) is 2. The maximum Gasteiger partial charge on any atom is 0.335 e. The van der Waals surface area contributed by atoms with E-state index in [2.05, 4.69) is 15.3 Å². The number of nitrogens with zero attached hydrogens (tertiary/aromatic N) is 2. The zero-order chi connectivity index (χ0) is 22.4. The Balaban J connectivity index is 2.29. The number of allylic oxidation sites excluding steroid dienone is 2. The van der Waals surface area contributed by atoms with Crippen molar-refractivity contribution in [3.63, 3.8) is 0 Å². The van der Waals surface area contributed by atoms with Crippen LogP contribution < -0.4 is 10.0 Å². The maximum atomic E-state index is 13.1. The van der Waals surface area contributed by atoms with E-state index in [1.165, 1.54) is 31.4 Å². The summed E-state index contributed by atoms with van der Waals surface area (Å²) >= 11 is 0. The van der Waals surface area contributed by atoms with Gasteiger partial charge in [-0.3, -0.25) is 10.1 Å². The Morgan fingerprint density at radius 3 is 2.47 bits per heavy atom. The van der Waals surface area contributed by atoms with E-state index in [9.17, 15) is 23.1 Å². The number of ether oxygens (including phenoxy) is 2. The van der Waals surface area contributed by atoms with Crippen molar-refractivity contribution in [3.05, 3.63) is 41.8 Å². The minimum absolute atomic E-state index is 0.0419. The van der Waals surface area contributed by atoms with E-state index in [1.807, 2.05) is 4.72 Å². The summed E-state index contributed by atoms with van der Waals surface area (Å²) in [5.74, 6) is -2.94. The fourth-order valence-electron chi connectivity index (χ4n) is 2.92. The molecular weight excluding hydrogens is 416 g/mol. The Morgan fingerprint density at radius 1 is 1.20 bits per heavy atom. The first-order chi connectivity index (χ1) is 14.1. The number of carbonyl (C=O) groups is 2. The third-order valence-electron chi connectivity index (χ3n) is 4.28. The zero-order valence-electron chi connectivity index (χ0n) is 16.8. The molecule has 0 aliphatic heterocycles. The number of methoxy groups -OCH3 is 1. The van der Waals surface area contributed by atoms with Crippen LogP contribution in [0.25, 0.3) is 0 Å². The second-order valence-electron chi connectivity index (χ2n) is 6.59. The van der Waals surface area contributed by atoms with E-state index >= 15 is 0 Å². The summed E-state index contributed by atoms with van der Waals surface area (Å²) in [6.45, 7) is 3.11. The standard InChI is InChI=1S/C18H24N4O7S/c1-12-10-13(2)20-16(19-12)21-17(25)22-30(26,27)18(11-29-9-8-28-3)7-5-4-6-14(18)15(23)24/h4-7,10,14H,8-9,11H2,1-3H3,(H,23,24)(H2,19,20,21,22,25). The van der Waals surface area contributed by atoms with Gasteiger partial charge < -0.3 is 14.6 Å². The van der Waals surface area contributed by atoms with Gasteiger partial charge >= 0.3 is 12.0 Å². The maximum absolute atomic E-state index is 13.1. The molecule has 3 N–H and O–H groups in total. The van der Waals surface area contributed by atoms with Crippen LogP contribution in [0.2, 0.25) is 0 Å². The van der Waals surface area contributed by atoms with Gasteiger partial charge in [0, 0.05) is 18.5 Å². The number of anilines is 1. The number of aryl methyl sites for hydroxylation is 2. The smallest absolute Gasteiger partial charge is 0.335 e. The van der Waals surface area contributed by atoms with Crippen molar-refractivity contribution in [1.29, 1.82) is 0 Å². The van der Waals surface area contributed by atoms with Crippen molar-refractivity contribution < 1.29 is 32.6 Å². The van der Waals surface area contributed by atoms with Crippen LogP contribution in [0.4, 0.5) is 10.7 Å². The predicted molar refractivity (Wildman–Crippen MR) is 107 cm³/mol. The first-order valence-electron chi connectivity index (χ1n) is 8.92. The van der Waals surface area contributed by atoms with E-state index < -0.39 is 39.3 Å². The van der Waals surface area contributed by atoms with E-state index in [-0.39, 0.29) is 19.2 Å². The minimum Gasteiger partial charge on any atom is -0.481 e. The molecule has 2 unspecified atom stereocenters. The Morgan fingerprint density at radius 2 is 1.87 bits per heavy atom. The van der Waals surface area contributed by atoms with Gasteiger partial charge in [0.15, 0.2) is 0 Å². The summed E-state index contributed by atoms with van der Waals surface area (Å²) in [5.41, 5.74) is 1.16. The van der Waals surface area contributed by atoms with Crippen molar-refractivity contribution in [2.24, 2.45) is 5.92 Å². The molecule has 0 bridgehead atoms. The molecule has 12 heteroatoms. The first-order valence-corrected chi connectivity index (χ1v) is 10.4. The fraction of sp³-hybridized carbons (Fsp3) is 0.444. The molecule has 0 radical (unpaired) electrons. The molecule has 30 heavy (non-hydrogen) atoms. The van der Waals surface area contributed by atoms with Gasteiger partial charge in [-0.25, -0.2) is 27.9 Å². The van der Waals surface area contributed by atoms with Crippen LogP contribution >= 0.6 is 0 Å². The molecule has 2 rings (SSSR count). The van der Waals surface area contributed by atoms with Crippen molar-refractivity contribution in [3.8, 4) is 0 Å². The highest BCUT2D eigenvalue weighted by atomic mass is 32.2. The molecule has 11 nitrogen and oxygen atoms in total. The number of hydrogen-bond donors (Lipinski definition) is 3. The molecule has 0 saturated carbocycles. The van der Waals surface area contributed by atoms with Gasteiger partial charge in [-0.15, -0.1) is 0 Å². The van der Waals surface area contributed by atoms with Gasteiger partial charge in [0.05, 0.1) is 19.8 Å². The molecule has 1 aliphatic rings. The molecule has 1 heterocycles. The molecule has 2 amide bonds. The normalized spacial score (nSPS) is 20.7. The molecule has 1 aromatic heterocycles. The third-order valence-corrected chi connectivity index (χ3v) is 6.24. The van der Waals surface area contributed by atoms with Gasteiger partial charge in [-0.05, 0) is 19.9 Å². The number of hydrogen-bond acceptors (Lipinski definition) is 8. The second kappa shape index (κ2) is 9.78. The molecule has 0 saturated heterocycles. The topological polar surface area (TPSA) is 157 Å². The lowest BCUT2D eigenvalue weighted by molar-refractivity contribution is -0.141. The summed E-state index contributed by atoms with van der Waals surface area (Å²) in [7, 11) is -3.12. The lowest BCUT2D eigenvalue weighted by atomic mass is 9.88. The Labute approximate surface area is 174 Å². The van der Waals surface area contributed by atoms with E-state index in [4.69, 9.17) is 9.47 Å². The number of carboxylic acid groups (broad SMARTS) is 1. The number of sulfonamides is 1. The number of amides is 2. The molecule has 1 aliphatic carbocycles. The first kappa shape index (κ1) is 23.4. The second-order valence-corrected chi connectivity index (χ2v) is 8.57. The Hall–Kier alpha value is -2.83. The van der Waals surface area contributed by atoms with Crippen LogP contribution in [-0.2, 0) is 24.3 Å². The molecule has 0 fully saturated rings. The van der Waals surface area contributed by atoms with Crippen molar-refractivity contribution in [1.82, 2.24) is 14.7 Å². The monoisotopic (exact) mass is 440 g/mol. The molecule has 2 atom stereocenters. The number of rotatable bonds is 9. The quantitative estimate of drug-likeness (QED) is 0.472. The van der Waals surface area contributed by atoms with Crippen LogP contribution in [0.5, 0.6) is 0 Å². The Bertz CT molecular complexity index is 941. The molecule has 164 valence electrons. The number of carbonyl (C=O) groups excluding carboxylic acids is 1. The summed E-state index contributed by atoms with van der Waals surface area (Å²) in [5, 5.41) is 11.8. The largest absolute Gasteiger partial charge is 0.481 e. The zero-order valence-corrected chi connectivity index (χ0v) is 17.6. The molecular formula is C18H24N4O7S. The lowest BCUT2D eigenvalue weighted by Crippen LogP contribution is -2.57. The van der Waals surface area contributed by atoms with Crippen LogP contribution in [-0.4, -0.2) is 67.2 Å². The highest BCUT2D eigenvalue weighted by molar-refractivity contribution is 7.91. The van der Waals surface area contributed by atoms with Crippen LogP contribution in [0, 0.1) is 19.8 Å². The number of aromatic nitrogens is 2. The van der Waals surface area contributed by atoms with Gasteiger partial charge in [0.1, 0.15) is 10.7 Å². The molecule has 0 spiro atoms. The highest BCUT2D eigenvalue weighted by Crippen LogP contribution is 2.33. The van der Waals surface area contributed by atoms with Crippen LogP contribution in [0.15, 0.2) is 30.4 Å². The number of urea groups is 1. The van der Waals surface area contributed by atoms with Crippen molar-refractivity contribution in [2.75, 3.05) is 32.2 Å². The van der Waals surface area contributed by atoms with Crippen molar-refractivity contribution >= 4 is 28.0 Å². The molecule has 0 aromatic carbocycles. The SMILES string of the molecule is COCCOCC1(S(=O)(=O)NC(=O)Nc2nc(C)cc(C)n2)C=CC=CC1C(=O)O. The average Bonchev–Trinajstić information content (AvgIpc) is 2.63. The van der Waals surface area contributed by atoms with Crippen LogP contribution in [0.3, 0.4) is 0 Å². The van der Waals surface area contributed by atoms with Gasteiger partial charge in [0.25, 0.3) is 0 Å². The van der Waals surface area contributed by atoms with Crippen molar-refractivity contribution in [2.45, 2.75) is 18.6 Å². The summed E-state index contributed by atoms with van der Waals surface area (Å²) in [6.07, 6.45) is 5.24. The number of aliphatic carboxylic acids is 1. The Kier molecular flexibility index (Phi) is 7.65. The highest BCUT2D eigenvalue weighted by Gasteiger charge is 2.52. The summed E-state index contributed by atoms with van der Waals surface area (Å²) < 4.78 is 36.3. The van der Waals surface area contributed by atoms with Gasteiger partial charge in [-0.2, -0.15) is 0 Å². The molecule has 1 aromatic rings. The van der Waals surface area contributed by atoms with Crippen LogP contribution in [0.1, 0.15) is 11.4 Å². The van der Waals surface area contributed by atoms with Gasteiger partial charge in [-0.1, -0.05) is 24.3 Å². The summed E-state index contributed by atoms with van der Waals surface area (Å²) in [4.78, 5) is 32.2. The third kappa shape index (κ3) is 5.40. The lowest BCUT2D eigenvalue weighted by Gasteiger charge is -2.35. The summed E-state index contributed by atoms with van der Waals surface area (Å²) in [6, 6.07) is 0.561. The van der Waals surface area contributed by atoms with E-state index in [1.54, 1.807) is 19.9 Å². The van der Waals surface area contributed by atoms with E-state index in [0.717, 1.165) is 0 Å². The minimum atomic E-state index is -4.57. The predicted octanol–water partition coefficient (Wildman–Crippen LogP) is 0.773. The van der Waals surface area contributed by atoms with Gasteiger partial charge in [0.2, 0.25) is 16.0 Å². The number of carboxylic acids is 1.